The van der Waals surface area contributed by atoms with Gasteiger partial charge in [-0.25, -0.2) is 0 Å². The molecule has 1 aromatic heterocycles. The average Bonchev–Trinajstić information content (AvgIpc) is 2.34. The Balaban J connectivity index is 2.15. The van der Waals surface area contributed by atoms with Crippen molar-refractivity contribution in [3.05, 3.63) is 42.1 Å². The van der Waals surface area contributed by atoms with E-state index in [-0.39, 0.29) is 10.8 Å². The molecular weight excluding hydrogens is 240 g/mol. The lowest BCUT2D eigenvalue weighted by Gasteiger charge is -2.20. The zero-order valence-corrected chi connectivity index (χ0v) is 12.0. The monoisotopic (exact) mass is 260 g/mol. The molecule has 0 spiro atoms. The average molecular weight is 260 g/mol. The van der Waals surface area contributed by atoms with Crippen LogP contribution in [0, 0.1) is 0 Å². The lowest BCUT2D eigenvalue weighted by atomic mass is 10.1. The summed E-state index contributed by atoms with van der Waals surface area (Å²) in [6, 6.07) is 10.3. The molecule has 0 amide bonds. The number of aromatic nitrogens is 1. The Kier molecular flexibility index (Phi) is 3.93. The lowest BCUT2D eigenvalue weighted by Crippen LogP contribution is -2.18. The van der Waals surface area contributed by atoms with Crippen molar-refractivity contribution in [2.45, 2.75) is 31.6 Å². The van der Waals surface area contributed by atoms with Gasteiger partial charge in [-0.15, -0.1) is 0 Å². The highest BCUT2D eigenvalue weighted by molar-refractivity contribution is 8.00. The third-order valence-electron chi connectivity index (χ3n) is 2.74. The van der Waals surface area contributed by atoms with Gasteiger partial charge in [0.05, 0.1) is 5.52 Å². The van der Waals surface area contributed by atoms with Crippen molar-refractivity contribution in [1.82, 2.24) is 4.98 Å². The quantitative estimate of drug-likeness (QED) is 0.913. The Morgan fingerprint density at radius 2 is 2.00 bits per heavy atom. The van der Waals surface area contributed by atoms with E-state index >= 15 is 0 Å². The van der Waals surface area contributed by atoms with Crippen molar-refractivity contribution in [3.8, 4) is 0 Å². The molecule has 3 heteroatoms. The van der Waals surface area contributed by atoms with E-state index in [0.717, 1.165) is 22.2 Å². The first-order valence-electron chi connectivity index (χ1n) is 6.20. The molecule has 2 nitrogen and oxygen atoms in total. The second kappa shape index (κ2) is 5.29. The number of benzene rings is 1. The maximum absolute atomic E-state index is 6.23. The summed E-state index contributed by atoms with van der Waals surface area (Å²) in [4.78, 5) is 4.46. The Morgan fingerprint density at radius 1 is 1.28 bits per heavy atom. The van der Waals surface area contributed by atoms with Gasteiger partial charge in [0.15, 0.2) is 0 Å². The van der Waals surface area contributed by atoms with Crippen molar-refractivity contribution >= 4 is 22.7 Å². The Hall–Kier alpha value is -1.06. The van der Waals surface area contributed by atoms with Gasteiger partial charge in [0.25, 0.3) is 0 Å². The number of hydrogen-bond donors (Lipinski definition) is 1. The minimum absolute atomic E-state index is 0.0475. The summed E-state index contributed by atoms with van der Waals surface area (Å²) in [7, 11) is 0. The highest BCUT2D eigenvalue weighted by Crippen LogP contribution is 2.27. The molecule has 0 aliphatic carbocycles. The van der Waals surface area contributed by atoms with Crippen LogP contribution in [0.2, 0.25) is 0 Å². The summed E-state index contributed by atoms with van der Waals surface area (Å²) in [6.45, 7) is 6.63. The standard InChI is InChI=1S/C15H20N2S/c1-15(2,3)18-10-13(16)12-8-11-6-4-5-7-14(11)17-9-12/h4-9,13H,10,16H2,1-3H3. The SMILES string of the molecule is CC(C)(C)SCC(N)c1cnc2ccccc2c1. The molecule has 0 saturated carbocycles. The molecule has 96 valence electrons. The number of hydrogen-bond acceptors (Lipinski definition) is 3. The topological polar surface area (TPSA) is 38.9 Å². The van der Waals surface area contributed by atoms with E-state index in [1.165, 1.54) is 0 Å². The normalized spacial score (nSPS) is 13.8. The predicted molar refractivity (Wildman–Crippen MR) is 80.9 cm³/mol. The van der Waals surface area contributed by atoms with Crippen molar-refractivity contribution in [3.63, 3.8) is 0 Å². The van der Waals surface area contributed by atoms with Crippen LogP contribution in [0.1, 0.15) is 32.4 Å². The molecule has 1 heterocycles. The Bertz CT molecular complexity index is 531. The van der Waals surface area contributed by atoms with E-state index in [9.17, 15) is 0 Å². The summed E-state index contributed by atoms with van der Waals surface area (Å²) < 4.78 is 0.252. The van der Waals surface area contributed by atoms with E-state index < -0.39 is 0 Å². The molecular formula is C15H20N2S. The number of rotatable bonds is 3. The van der Waals surface area contributed by atoms with Gasteiger partial charge in [0.2, 0.25) is 0 Å². The first kappa shape index (κ1) is 13.4. The van der Waals surface area contributed by atoms with Gasteiger partial charge in [0, 0.05) is 28.1 Å². The number of pyridine rings is 1. The molecule has 18 heavy (non-hydrogen) atoms. The highest BCUT2D eigenvalue weighted by atomic mass is 32.2. The number of nitrogens with two attached hydrogens (primary N) is 1. The van der Waals surface area contributed by atoms with Crippen LogP contribution in [0.4, 0.5) is 0 Å². The predicted octanol–water partition coefficient (Wildman–Crippen LogP) is 3.77. The second-order valence-electron chi connectivity index (χ2n) is 5.49. The summed E-state index contributed by atoms with van der Waals surface area (Å²) in [5.74, 6) is 0.920. The number of fused-ring (bicyclic) bond motifs is 1. The van der Waals surface area contributed by atoms with E-state index in [2.05, 4.69) is 37.9 Å². The maximum atomic E-state index is 6.23. The smallest absolute Gasteiger partial charge is 0.0702 e. The molecule has 0 saturated heterocycles. The largest absolute Gasteiger partial charge is 0.323 e. The summed E-state index contributed by atoms with van der Waals surface area (Å²) >= 11 is 1.89. The van der Waals surface area contributed by atoms with E-state index in [4.69, 9.17) is 5.73 Å². The van der Waals surface area contributed by atoms with Crippen LogP contribution >= 0.6 is 11.8 Å². The summed E-state index contributed by atoms with van der Waals surface area (Å²) in [5.41, 5.74) is 8.37. The van der Waals surface area contributed by atoms with Crippen LogP contribution in [-0.2, 0) is 0 Å². The molecule has 0 radical (unpaired) electrons. The fourth-order valence-electron chi connectivity index (χ4n) is 1.73. The Labute approximate surface area is 113 Å². The molecule has 1 unspecified atom stereocenters. The maximum Gasteiger partial charge on any atom is 0.0702 e. The molecule has 0 aliphatic rings. The third-order valence-corrected chi connectivity index (χ3v) is 4.13. The van der Waals surface area contributed by atoms with Gasteiger partial charge >= 0.3 is 0 Å². The van der Waals surface area contributed by atoms with Crippen LogP contribution in [-0.4, -0.2) is 15.5 Å². The van der Waals surface area contributed by atoms with Crippen LogP contribution in [0.25, 0.3) is 10.9 Å². The van der Waals surface area contributed by atoms with Crippen LogP contribution in [0.15, 0.2) is 36.5 Å². The molecule has 0 aliphatic heterocycles. The number of thioether (sulfide) groups is 1. The molecule has 1 aromatic carbocycles. The van der Waals surface area contributed by atoms with Crippen LogP contribution < -0.4 is 5.73 Å². The summed E-state index contributed by atoms with van der Waals surface area (Å²) in [6.07, 6.45) is 1.90. The van der Waals surface area contributed by atoms with Gasteiger partial charge in [-0.05, 0) is 17.7 Å². The number of nitrogens with zero attached hydrogens (tertiary/aromatic N) is 1. The molecule has 0 fully saturated rings. The molecule has 1 atom stereocenters. The first-order chi connectivity index (χ1) is 8.46. The molecule has 2 rings (SSSR count). The van der Waals surface area contributed by atoms with Gasteiger partial charge < -0.3 is 5.73 Å². The minimum Gasteiger partial charge on any atom is -0.323 e. The molecule has 0 bridgehead atoms. The second-order valence-corrected chi connectivity index (χ2v) is 7.34. The van der Waals surface area contributed by atoms with E-state index in [1.54, 1.807) is 0 Å². The van der Waals surface area contributed by atoms with Crippen LogP contribution in [0.5, 0.6) is 0 Å². The van der Waals surface area contributed by atoms with Crippen molar-refractivity contribution < 1.29 is 0 Å². The highest BCUT2D eigenvalue weighted by Gasteiger charge is 2.14. The number of para-hydroxylation sites is 1. The van der Waals surface area contributed by atoms with E-state index in [1.807, 2.05) is 36.2 Å². The van der Waals surface area contributed by atoms with Crippen molar-refractivity contribution in [2.24, 2.45) is 5.73 Å². The lowest BCUT2D eigenvalue weighted by molar-refractivity contribution is 0.778. The zero-order valence-electron chi connectivity index (χ0n) is 11.2. The first-order valence-corrected chi connectivity index (χ1v) is 7.18. The minimum atomic E-state index is 0.0475. The van der Waals surface area contributed by atoms with Crippen molar-refractivity contribution in [2.75, 3.05) is 5.75 Å². The van der Waals surface area contributed by atoms with Gasteiger partial charge in [-0.3, -0.25) is 4.98 Å². The van der Waals surface area contributed by atoms with Gasteiger partial charge in [0.1, 0.15) is 0 Å². The van der Waals surface area contributed by atoms with Gasteiger partial charge in [-0.1, -0.05) is 39.0 Å². The third kappa shape index (κ3) is 3.47. The molecule has 2 aromatic rings. The summed E-state index contributed by atoms with van der Waals surface area (Å²) in [5, 5.41) is 1.16. The van der Waals surface area contributed by atoms with Gasteiger partial charge in [-0.2, -0.15) is 11.8 Å². The molecule has 2 N–H and O–H groups in total. The van der Waals surface area contributed by atoms with Crippen molar-refractivity contribution in [1.29, 1.82) is 0 Å². The zero-order chi connectivity index (χ0) is 13.2. The fraction of sp³-hybridized carbons (Fsp3) is 0.400. The van der Waals surface area contributed by atoms with Crippen LogP contribution in [0.3, 0.4) is 0 Å². The Morgan fingerprint density at radius 3 is 2.72 bits per heavy atom. The fourth-order valence-corrected chi connectivity index (χ4v) is 2.60. The van der Waals surface area contributed by atoms with E-state index in [0.29, 0.717) is 0 Å².